The first-order valence-corrected chi connectivity index (χ1v) is 6.93. The molecule has 0 radical (unpaired) electrons. The van der Waals surface area contributed by atoms with E-state index >= 15 is 0 Å². The first-order chi connectivity index (χ1) is 7.29. The van der Waals surface area contributed by atoms with Crippen LogP contribution in [0.3, 0.4) is 0 Å². The highest BCUT2D eigenvalue weighted by Crippen LogP contribution is 2.30. The van der Waals surface area contributed by atoms with E-state index in [2.05, 4.69) is 25.8 Å². The van der Waals surface area contributed by atoms with E-state index in [1.165, 1.54) is 11.3 Å². The van der Waals surface area contributed by atoms with Crippen LogP contribution in [0.5, 0.6) is 0 Å². The van der Waals surface area contributed by atoms with Gasteiger partial charge in [0.05, 0.1) is 5.69 Å². The minimum atomic E-state index is -0.877. The molecule has 1 heterocycles. The summed E-state index contributed by atoms with van der Waals surface area (Å²) in [7, 11) is 0. The van der Waals surface area contributed by atoms with Crippen LogP contribution in [-0.2, 0) is 0 Å². The van der Waals surface area contributed by atoms with E-state index in [9.17, 15) is 4.79 Å². The van der Waals surface area contributed by atoms with Gasteiger partial charge in [0.15, 0.2) is 4.34 Å². The van der Waals surface area contributed by atoms with Gasteiger partial charge >= 0.3 is 5.97 Å². The molecule has 5 heteroatoms. The number of carboxylic acids is 1. The van der Waals surface area contributed by atoms with E-state index in [1.54, 1.807) is 18.7 Å². The largest absolute Gasteiger partial charge is 0.477 e. The molecule has 3 nitrogen and oxygen atoms in total. The molecule has 0 aliphatic carbocycles. The summed E-state index contributed by atoms with van der Waals surface area (Å²) >= 11 is 2.91. The highest BCUT2D eigenvalue weighted by atomic mass is 32.2. The fourth-order valence-corrected chi connectivity index (χ4v) is 3.54. The minimum absolute atomic E-state index is 0.314. The van der Waals surface area contributed by atoms with Crippen molar-refractivity contribution in [1.82, 2.24) is 4.98 Å². The Labute approximate surface area is 104 Å². The molecule has 0 fully saturated rings. The van der Waals surface area contributed by atoms with E-state index in [4.69, 9.17) is 5.11 Å². The topological polar surface area (TPSA) is 50.2 Å². The predicted octanol–water partition coefficient (Wildman–Crippen LogP) is 3.68. The Morgan fingerprint density at radius 3 is 2.56 bits per heavy atom. The Balaban J connectivity index is 2.56. The molecule has 1 rings (SSSR count). The van der Waals surface area contributed by atoms with Gasteiger partial charge in [-0.25, -0.2) is 9.78 Å². The van der Waals surface area contributed by atoms with Crippen LogP contribution in [0, 0.1) is 12.3 Å². The number of aromatic carboxylic acids is 1. The number of thiazole rings is 1. The van der Waals surface area contributed by atoms with Crippen molar-refractivity contribution in [2.24, 2.45) is 5.41 Å². The summed E-state index contributed by atoms with van der Waals surface area (Å²) < 4.78 is 0.860. The van der Waals surface area contributed by atoms with Gasteiger partial charge in [0.1, 0.15) is 4.88 Å². The van der Waals surface area contributed by atoms with Crippen LogP contribution in [0.25, 0.3) is 0 Å². The molecule has 16 heavy (non-hydrogen) atoms. The number of rotatable bonds is 4. The number of aromatic nitrogens is 1. The summed E-state index contributed by atoms with van der Waals surface area (Å²) in [5, 5.41) is 8.89. The molecular weight excluding hydrogens is 242 g/mol. The van der Waals surface area contributed by atoms with Gasteiger partial charge in [-0.3, -0.25) is 0 Å². The quantitative estimate of drug-likeness (QED) is 0.838. The van der Waals surface area contributed by atoms with Gasteiger partial charge in [0, 0.05) is 5.75 Å². The Morgan fingerprint density at radius 2 is 2.12 bits per heavy atom. The second kappa shape index (κ2) is 5.19. The van der Waals surface area contributed by atoms with Gasteiger partial charge in [-0.05, 0) is 18.8 Å². The molecule has 0 amide bonds. The van der Waals surface area contributed by atoms with Crippen molar-refractivity contribution in [3.8, 4) is 0 Å². The number of nitrogens with zero attached hydrogens (tertiary/aromatic N) is 1. The number of hydrogen-bond acceptors (Lipinski definition) is 4. The van der Waals surface area contributed by atoms with Crippen molar-refractivity contribution in [2.45, 2.75) is 38.5 Å². The molecular formula is C11H17NO2S2. The first-order valence-electron chi connectivity index (χ1n) is 5.13. The first kappa shape index (κ1) is 13.5. The Kier molecular flexibility index (Phi) is 4.38. The second-order valence-corrected chi connectivity index (χ2v) is 7.20. The Hall–Kier alpha value is -0.550. The number of carbonyl (C=O) groups is 1. The summed E-state index contributed by atoms with van der Waals surface area (Å²) in [4.78, 5) is 15.4. The monoisotopic (exact) mass is 259 g/mol. The zero-order valence-electron chi connectivity index (χ0n) is 10.0. The zero-order valence-corrected chi connectivity index (χ0v) is 11.7. The minimum Gasteiger partial charge on any atom is -0.477 e. The van der Waals surface area contributed by atoms with Crippen LogP contribution in [0.4, 0.5) is 0 Å². The summed E-state index contributed by atoms with van der Waals surface area (Å²) in [6.07, 6.45) is 1.10. The highest BCUT2D eigenvalue weighted by molar-refractivity contribution is 8.01. The summed E-state index contributed by atoms with van der Waals surface area (Å²) in [5.74, 6) is 0.105. The average molecular weight is 259 g/mol. The lowest BCUT2D eigenvalue weighted by molar-refractivity contribution is 0.0701. The normalized spacial score (nSPS) is 11.8. The van der Waals surface area contributed by atoms with E-state index in [0.717, 1.165) is 16.5 Å². The molecule has 0 aliphatic heterocycles. The standard InChI is InChI=1S/C11H17NO2S2/c1-7-8(9(13)14)16-10(12-7)15-6-5-11(2,3)4/h5-6H2,1-4H3,(H,13,14). The highest BCUT2D eigenvalue weighted by Gasteiger charge is 2.15. The Morgan fingerprint density at radius 1 is 1.50 bits per heavy atom. The molecule has 0 spiro atoms. The number of carboxylic acid groups (broad SMARTS) is 1. The molecule has 1 aromatic heterocycles. The van der Waals surface area contributed by atoms with Crippen LogP contribution in [0.2, 0.25) is 0 Å². The van der Waals surface area contributed by atoms with E-state index in [1.807, 2.05) is 0 Å². The van der Waals surface area contributed by atoms with Crippen molar-refractivity contribution in [3.05, 3.63) is 10.6 Å². The van der Waals surface area contributed by atoms with Gasteiger partial charge in [-0.15, -0.1) is 11.3 Å². The van der Waals surface area contributed by atoms with E-state index in [0.29, 0.717) is 16.0 Å². The SMILES string of the molecule is Cc1nc(SCCC(C)(C)C)sc1C(=O)O. The van der Waals surface area contributed by atoms with E-state index < -0.39 is 5.97 Å². The van der Waals surface area contributed by atoms with Gasteiger partial charge in [0.2, 0.25) is 0 Å². The summed E-state index contributed by atoms with van der Waals surface area (Å²) in [6.45, 7) is 8.34. The molecule has 0 aromatic carbocycles. The average Bonchev–Trinajstić information content (AvgIpc) is 2.44. The van der Waals surface area contributed by atoms with Crippen molar-refractivity contribution >= 4 is 29.1 Å². The lowest BCUT2D eigenvalue weighted by atomic mass is 9.94. The fourth-order valence-electron chi connectivity index (χ4n) is 1.08. The van der Waals surface area contributed by atoms with Gasteiger partial charge < -0.3 is 5.11 Å². The molecule has 0 unspecified atom stereocenters. The fraction of sp³-hybridized carbons (Fsp3) is 0.636. The van der Waals surface area contributed by atoms with Crippen LogP contribution in [0.15, 0.2) is 4.34 Å². The van der Waals surface area contributed by atoms with Gasteiger partial charge in [-0.2, -0.15) is 0 Å². The molecule has 0 saturated carbocycles. The maximum atomic E-state index is 10.8. The van der Waals surface area contributed by atoms with Crippen LogP contribution in [-0.4, -0.2) is 21.8 Å². The lowest BCUT2D eigenvalue weighted by Crippen LogP contribution is -2.05. The van der Waals surface area contributed by atoms with Crippen LogP contribution in [0.1, 0.15) is 42.6 Å². The predicted molar refractivity (Wildman–Crippen MR) is 68.6 cm³/mol. The third-order valence-corrected chi connectivity index (χ3v) is 4.34. The van der Waals surface area contributed by atoms with Crippen molar-refractivity contribution in [1.29, 1.82) is 0 Å². The van der Waals surface area contributed by atoms with Gasteiger partial charge in [-0.1, -0.05) is 32.5 Å². The summed E-state index contributed by atoms with van der Waals surface area (Å²) in [6, 6.07) is 0. The molecule has 1 aromatic rings. The molecule has 1 N–H and O–H groups in total. The van der Waals surface area contributed by atoms with Crippen molar-refractivity contribution in [3.63, 3.8) is 0 Å². The second-order valence-electron chi connectivity index (χ2n) is 4.86. The van der Waals surface area contributed by atoms with Crippen molar-refractivity contribution in [2.75, 3.05) is 5.75 Å². The van der Waals surface area contributed by atoms with Gasteiger partial charge in [0.25, 0.3) is 0 Å². The maximum absolute atomic E-state index is 10.8. The molecule has 0 bridgehead atoms. The Bertz CT molecular complexity index is 380. The van der Waals surface area contributed by atoms with Crippen LogP contribution >= 0.6 is 23.1 Å². The maximum Gasteiger partial charge on any atom is 0.347 e. The van der Waals surface area contributed by atoms with Crippen LogP contribution < -0.4 is 0 Å². The molecule has 0 atom stereocenters. The van der Waals surface area contributed by atoms with Crippen molar-refractivity contribution < 1.29 is 9.90 Å². The number of hydrogen-bond donors (Lipinski definition) is 1. The van der Waals surface area contributed by atoms with E-state index in [-0.39, 0.29) is 0 Å². The number of aryl methyl sites for hydroxylation is 1. The molecule has 0 saturated heterocycles. The molecule has 90 valence electrons. The summed E-state index contributed by atoms with van der Waals surface area (Å²) in [5.41, 5.74) is 0.935. The third kappa shape index (κ3) is 4.14. The lowest BCUT2D eigenvalue weighted by Gasteiger charge is -2.16. The third-order valence-electron chi connectivity index (χ3n) is 2.05. The molecule has 0 aliphatic rings. The number of thioether (sulfide) groups is 1. The zero-order chi connectivity index (χ0) is 12.3. The smallest absolute Gasteiger partial charge is 0.347 e.